The normalized spacial score (nSPS) is 11.2. The van der Waals surface area contributed by atoms with E-state index in [2.05, 4.69) is 58.9 Å². The maximum Gasteiger partial charge on any atom is 0.0874 e. The summed E-state index contributed by atoms with van der Waals surface area (Å²) < 4.78 is 7.91. The fraction of sp³-hybridized carbons (Fsp3) is 0.350. The van der Waals surface area contributed by atoms with Gasteiger partial charge in [0.2, 0.25) is 0 Å². The van der Waals surface area contributed by atoms with Gasteiger partial charge in [-0.2, -0.15) is 0 Å². The lowest BCUT2D eigenvalue weighted by atomic mass is 10.1. The quantitative estimate of drug-likeness (QED) is 0.653. The lowest BCUT2D eigenvalue weighted by Gasteiger charge is -2.08. The summed E-state index contributed by atoms with van der Waals surface area (Å²) in [7, 11) is 0. The maximum absolute atomic E-state index is 5.66. The molecule has 0 saturated carbocycles. The SMILES string of the molecule is CCOCc1c(CC)cc2c(CCc3ccccc3)nccn12. The first-order valence-corrected chi connectivity index (χ1v) is 8.41. The first-order valence-electron chi connectivity index (χ1n) is 8.41. The van der Waals surface area contributed by atoms with Gasteiger partial charge < -0.3 is 9.14 Å². The van der Waals surface area contributed by atoms with Crippen LogP contribution in [0.5, 0.6) is 0 Å². The third-order valence-electron chi connectivity index (χ3n) is 4.29. The topological polar surface area (TPSA) is 26.5 Å². The summed E-state index contributed by atoms with van der Waals surface area (Å²) in [5, 5.41) is 0. The number of aromatic nitrogens is 2. The van der Waals surface area contributed by atoms with Crippen molar-refractivity contribution in [2.45, 2.75) is 39.7 Å². The van der Waals surface area contributed by atoms with Crippen LogP contribution >= 0.6 is 0 Å². The van der Waals surface area contributed by atoms with Crippen LogP contribution < -0.4 is 0 Å². The maximum atomic E-state index is 5.66. The Bertz CT molecular complexity index is 762. The minimum Gasteiger partial charge on any atom is -0.376 e. The van der Waals surface area contributed by atoms with Crippen LogP contribution in [0, 0.1) is 0 Å². The number of fused-ring (bicyclic) bond motifs is 1. The van der Waals surface area contributed by atoms with Crippen molar-refractivity contribution >= 4 is 5.52 Å². The second kappa shape index (κ2) is 7.42. The van der Waals surface area contributed by atoms with Gasteiger partial charge in [-0.05, 0) is 43.4 Å². The summed E-state index contributed by atoms with van der Waals surface area (Å²) in [5.74, 6) is 0. The third-order valence-corrected chi connectivity index (χ3v) is 4.29. The van der Waals surface area contributed by atoms with Crippen LogP contribution in [-0.2, 0) is 30.6 Å². The lowest BCUT2D eigenvalue weighted by molar-refractivity contribution is 0.130. The average molecular weight is 308 g/mol. The number of hydrogen-bond donors (Lipinski definition) is 0. The minimum atomic E-state index is 0.663. The molecular formula is C20H24N2O. The molecule has 0 fully saturated rings. The van der Waals surface area contributed by atoms with E-state index >= 15 is 0 Å². The van der Waals surface area contributed by atoms with Crippen LogP contribution in [0.2, 0.25) is 0 Å². The zero-order chi connectivity index (χ0) is 16.1. The summed E-state index contributed by atoms with van der Waals surface area (Å²) >= 11 is 0. The van der Waals surface area contributed by atoms with Gasteiger partial charge in [0.05, 0.1) is 23.5 Å². The fourth-order valence-corrected chi connectivity index (χ4v) is 3.03. The molecular weight excluding hydrogens is 284 g/mol. The third kappa shape index (κ3) is 3.45. The highest BCUT2D eigenvalue weighted by atomic mass is 16.5. The number of ether oxygens (including phenoxy) is 1. The molecule has 0 N–H and O–H groups in total. The van der Waals surface area contributed by atoms with Gasteiger partial charge in [0.15, 0.2) is 0 Å². The van der Waals surface area contributed by atoms with Crippen molar-refractivity contribution in [1.82, 2.24) is 9.38 Å². The Hall–Kier alpha value is -2.13. The van der Waals surface area contributed by atoms with E-state index in [4.69, 9.17) is 4.74 Å². The lowest BCUT2D eigenvalue weighted by Crippen LogP contribution is -2.02. The Morgan fingerprint density at radius 1 is 1.09 bits per heavy atom. The largest absolute Gasteiger partial charge is 0.376 e. The molecule has 0 atom stereocenters. The van der Waals surface area contributed by atoms with Gasteiger partial charge in [-0.15, -0.1) is 0 Å². The highest BCUT2D eigenvalue weighted by Crippen LogP contribution is 2.21. The van der Waals surface area contributed by atoms with Gasteiger partial charge in [0.1, 0.15) is 0 Å². The Kier molecular flexibility index (Phi) is 5.09. The van der Waals surface area contributed by atoms with Crippen LogP contribution in [0.4, 0.5) is 0 Å². The summed E-state index contributed by atoms with van der Waals surface area (Å²) in [6, 6.07) is 12.9. The number of nitrogens with zero attached hydrogens (tertiary/aromatic N) is 2. The van der Waals surface area contributed by atoms with Crippen molar-refractivity contribution in [3.8, 4) is 0 Å². The van der Waals surface area contributed by atoms with E-state index in [0.717, 1.165) is 31.6 Å². The molecule has 0 amide bonds. The van der Waals surface area contributed by atoms with Crippen molar-refractivity contribution in [3.63, 3.8) is 0 Å². The van der Waals surface area contributed by atoms with Crippen molar-refractivity contribution in [3.05, 3.63) is 71.3 Å². The molecule has 0 bridgehead atoms. The average Bonchev–Trinajstić information content (AvgIpc) is 2.97. The Morgan fingerprint density at radius 3 is 2.65 bits per heavy atom. The second-order valence-corrected chi connectivity index (χ2v) is 5.72. The van der Waals surface area contributed by atoms with E-state index in [-0.39, 0.29) is 0 Å². The fourth-order valence-electron chi connectivity index (χ4n) is 3.03. The number of hydrogen-bond acceptors (Lipinski definition) is 2. The van der Waals surface area contributed by atoms with Gasteiger partial charge in [0.25, 0.3) is 0 Å². The highest BCUT2D eigenvalue weighted by molar-refractivity contribution is 5.57. The molecule has 0 saturated heterocycles. The van der Waals surface area contributed by atoms with Crippen LogP contribution in [-0.4, -0.2) is 16.0 Å². The number of rotatable bonds is 7. The van der Waals surface area contributed by atoms with Gasteiger partial charge in [-0.3, -0.25) is 4.98 Å². The van der Waals surface area contributed by atoms with Gasteiger partial charge in [-0.25, -0.2) is 0 Å². The molecule has 0 aliphatic carbocycles. The van der Waals surface area contributed by atoms with Crippen molar-refractivity contribution in [2.75, 3.05) is 6.61 Å². The zero-order valence-electron chi connectivity index (χ0n) is 14.0. The monoisotopic (exact) mass is 308 g/mol. The Balaban J connectivity index is 1.90. The molecule has 3 rings (SSSR count). The predicted octanol–water partition coefficient (Wildman–Crippen LogP) is 4.22. The van der Waals surface area contributed by atoms with Crippen molar-refractivity contribution in [1.29, 1.82) is 0 Å². The highest BCUT2D eigenvalue weighted by Gasteiger charge is 2.12. The molecule has 0 radical (unpaired) electrons. The Labute approximate surface area is 137 Å². The predicted molar refractivity (Wildman–Crippen MR) is 93.8 cm³/mol. The van der Waals surface area contributed by atoms with E-state index in [0.29, 0.717) is 6.61 Å². The van der Waals surface area contributed by atoms with Gasteiger partial charge in [-0.1, -0.05) is 37.3 Å². The molecule has 120 valence electrons. The summed E-state index contributed by atoms with van der Waals surface area (Å²) in [6.07, 6.45) is 6.94. The standard InChI is InChI=1S/C20H24N2O/c1-3-17-14-19-18(11-10-16-8-6-5-7-9-16)21-12-13-22(19)20(17)15-23-4-2/h5-9,12-14H,3-4,10-11,15H2,1-2H3. The molecule has 23 heavy (non-hydrogen) atoms. The molecule has 0 spiro atoms. The molecule has 3 nitrogen and oxygen atoms in total. The first-order chi connectivity index (χ1) is 11.3. The van der Waals surface area contributed by atoms with Crippen LogP contribution in [0.3, 0.4) is 0 Å². The molecule has 1 aromatic carbocycles. The zero-order valence-corrected chi connectivity index (χ0v) is 14.0. The minimum absolute atomic E-state index is 0.663. The Morgan fingerprint density at radius 2 is 1.91 bits per heavy atom. The van der Waals surface area contributed by atoms with Gasteiger partial charge in [0, 0.05) is 19.0 Å². The van der Waals surface area contributed by atoms with Crippen LogP contribution in [0.25, 0.3) is 5.52 Å². The summed E-state index contributed by atoms with van der Waals surface area (Å²) in [6.45, 7) is 5.63. The van der Waals surface area contributed by atoms with E-state index in [1.165, 1.54) is 22.3 Å². The van der Waals surface area contributed by atoms with Gasteiger partial charge >= 0.3 is 0 Å². The molecule has 3 aromatic rings. The number of aryl methyl sites for hydroxylation is 3. The van der Waals surface area contributed by atoms with E-state index in [1.807, 2.05) is 13.1 Å². The molecule has 3 heteroatoms. The van der Waals surface area contributed by atoms with E-state index in [9.17, 15) is 0 Å². The second-order valence-electron chi connectivity index (χ2n) is 5.72. The summed E-state index contributed by atoms with van der Waals surface area (Å²) in [4.78, 5) is 4.63. The molecule has 2 aromatic heterocycles. The molecule has 0 aliphatic heterocycles. The number of benzene rings is 1. The molecule has 2 heterocycles. The van der Waals surface area contributed by atoms with Crippen molar-refractivity contribution in [2.24, 2.45) is 0 Å². The molecule has 0 unspecified atom stereocenters. The summed E-state index contributed by atoms with van der Waals surface area (Å²) in [5.41, 5.74) is 6.34. The first kappa shape index (κ1) is 15.8. The van der Waals surface area contributed by atoms with Crippen LogP contribution in [0.1, 0.15) is 36.4 Å². The van der Waals surface area contributed by atoms with E-state index in [1.54, 1.807) is 0 Å². The van der Waals surface area contributed by atoms with Crippen LogP contribution in [0.15, 0.2) is 48.8 Å². The smallest absolute Gasteiger partial charge is 0.0874 e. The molecule has 0 aliphatic rings. The van der Waals surface area contributed by atoms with E-state index < -0.39 is 0 Å². The van der Waals surface area contributed by atoms with Crippen molar-refractivity contribution < 1.29 is 4.74 Å².